The molecule has 2 N–H and O–H groups in total. The van der Waals surface area contributed by atoms with Crippen molar-refractivity contribution in [1.82, 2.24) is 9.55 Å². The monoisotopic (exact) mass is 242 g/mol. The number of aryl methyl sites for hydroxylation is 1. The lowest BCUT2D eigenvalue weighted by Crippen LogP contribution is -2.31. The summed E-state index contributed by atoms with van der Waals surface area (Å²) >= 11 is 1.58. The van der Waals surface area contributed by atoms with Crippen molar-refractivity contribution in [1.29, 1.82) is 0 Å². The molecule has 1 aliphatic heterocycles. The quantitative estimate of drug-likeness (QED) is 0.778. The average molecular weight is 242 g/mol. The molecule has 0 unspecified atom stereocenters. The van der Waals surface area contributed by atoms with Gasteiger partial charge in [-0.3, -0.25) is 14.3 Å². The van der Waals surface area contributed by atoms with Gasteiger partial charge in [-0.2, -0.15) is 0 Å². The van der Waals surface area contributed by atoms with Gasteiger partial charge in [-0.1, -0.05) is 0 Å². The van der Waals surface area contributed by atoms with E-state index in [0.29, 0.717) is 5.56 Å². The highest BCUT2D eigenvalue weighted by atomic mass is 32.2. The molecular weight excluding hydrogens is 228 g/mol. The van der Waals surface area contributed by atoms with E-state index in [1.807, 2.05) is 0 Å². The Labute approximate surface area is 96.5 Å². The van der Waals surface area contributed by atoms with E-state index in [4.69, 9.17) is 5.11 Å². The third-order valence-corrected chi connectivity index (χ3v) is 4.29. The molecule has 1 aromatic rings. The van der Waals surface area contributed by atoms with E-state index >= 15 is 0 Å². The van der Waals surface area contributed by atoms with Crippen LogP contribution in [0.15, 0.2) is 15.8 Å². The molecule has 0 aromatic carbocycles. The highest BCUT2D eigenvalue weighted by Gasteiger charge is 2.26. The normalized spacial score (nSPS) is 24.9. The molecule has 6 heteroatoms. The molecule has 5 nitrogen and oxygen atoms in total. The van der Waals surface area contributed by atoms with E-state index in [1.54, 1.807) is 29.4 Å². The molecule has 0 saturated carbocycles. The van der Waals surface area contributed by atoms with Crippen molar-refractivity contribution in [2.24, 2.45) is 0 Å². The Morgan fingerprint density at radius 1 is 1.56 bits per heavy atom. The molecule has 1 saturated heterocycles. The van der Waals surface area contributed by atoms with Crippen molar-refractivity contribution < 1.29 is 5.11 Å². The molecule has 2 atom stereocenters. The van der Waals surface area contributed by atoms with Gasteiger partial charge in [0.05, 0.1) is 12.0 Å². The van der Waals surface area contributed by atoms with Crippen LogP contribution in [0.4, 0.5) is 0 Å². The molecule has 1 fully saturated rings. The Hall–Kier alpha value is -1.01. The molecule has 0 radical (unpaired) electrons. The van der Waals surface area contributed by atoms with Crippen LogP contribution in [0.5, 0.6) is 0 Å². The van der Waals surface area contributed by atoms with Gasteiger partial charge >= 0.3 is 5.69 Å². The highest BCUT2D eigenvalue weighted by Crippen LogP contribution is 2.40. The maximum atomic E-state index is 11.6. The number of hydrogen-bond acceptors (Lipinski definition) is 4. The number of nitrogens with zero attached hydrogens (tertiary/aromatic N) is 1. The number of nitrogens with one attached hydrogen (secondary N) is 1. The second-order valence-corrected chi connectivity index (χ2v) is 5.43. The third kappa shape index (κ3) is 2.08. The molecule has 2 rings (SSSR count). The number of aromatic amines is 1. The van der Waals surface area contributed by atoms with Crippen LogP contribution in [0.2, 0.25) is 0 Å². The maximum Gasteiger partial charge on any atom is 0.329 e. The topological polar surface area (TPSA) is 75.1 Å². The maximum absolute atomic E-state index is 11.6. The molecule has 0 spiro atoms. The van der Waals surface area contributed by atoms with E-state index in [1.165, 1.54) is 0 Å². The number of H-pyrrole nitrogens is 1. The number of aromatic nitrogens is 2. The van der Waals surface area contributed by atoms with Crippen molar-refractivity contribution >= 4 is 11.8 Å². The molecule has 0 amide bonds. The number of hydrogen-bond donors (Lipinski definition) is 2. The first kappa shape index (κ1) is 11.5. The van der Waals surface area contributed by atoms with Gasteiger partial charge in [0.2, 0.25) is 0 Å². The van der Waals surface area contributed by atoms with Crippen LogP contribution in [-0.2, 0) is 0 Å². The number of aliphatic hydroxyl groups excluding tert-OH is 1. The van der Waals surface area contributed by atoms with Crippen LogP contribution in [-0.4, -0.2) is 26.5 Å². The summed E-state index contributed by atoms with van der Waals surface area (Å²) in [7, 11) is 0. The van der Waals surface area contributed by atoms with E-state index < -0.39 is 0 Å². The van der Waals surface area contributed by atoms with Gasteiger partial charge in [0.25, 0.3) is 5.56 Å². The van der Waals surface area contributed by atoms with Gasteiger partial charge in [0.1, 0.15) is 0 Å². The summed E-state index contributed by atoms with van der Waals surface area (Å²) < 4.78 is 1.55. The fraction of sp³-hybridized carbons (Fsp3) is 0.600. The number of thioether (sulfide) groups is 1. The zero-order chi connectivity index (χ0) is 11.7. The van der Waals surface area contributed by atoms with E-state index in [9.17, 15) is 9.59 Å². The predicted molar refractivity (Wildman–Crippen MR) is 62.8 cm³/mol. The Kier molecular flexibility index (Phi) is 3.20. The smallest absolute Gasteiger partial charge is 0.329 e. The van der Waals surface area contributed by atoms with Crippen LogP contribution in [0.1, 0.15) is 23.8 Å². The zero-order valence-corrected chi connectivity index (χ0v) is 9.79. The van der Waals surface area contributed by atoms with E-state index in [-0.39, 0.29) is 28.5 Å². The Bertz CT molecular complexity index is 494. The summed E-state index contributed by atoms with van der Waals surface area (Å²) in [5.41, 5.74) is -0.165. The molecule has 1 aliphatic rings. The van der Waals surface area contributed by atoms with Crippen molar-refractivity contribution in [3.63, 3.8) is 0 Å². The van der Waals surface area contributed by atoms with E-state index in [0.717, 1.165) is 12.8 Å². The highest BCUT2D eigenvalue weighted by molar-refractivity contribution is 8.00. The first-order valence-electron chi connectivity index (χ1n) is 5.20. The van der Waals surface area contributed by atoms with Crippen molar-refractivity contribution in [2.75, 3.05) is 6.61 Å². The van der Waals surface area contributed by atoms with Crippen molar-refractivity contribution in [2.45, 2.75) is 30.4 Å². The van der Waals surface area contributed by atoms with E-state index in [2.05, 4.69) is 4.98 Å². The second kappa shape index (κ2) is 4.47. The Morgan fingerprint density at radius 3 is 2.94 bits per heavy atom. The van der Waals surface area contributed by atoms with Crippen LogP contribution < -0.4 is 11.2 Å². The van der Waals surface area contributed by atoms with Gasteiger partial charge in [0, 0.05) is 17.0 Å². The van der Waals surface area contributed by atoms with Crippen LogP contribution >= 0.6 is 11.8 Å². The first-order chi connectivity index (χ1) is 7.61. The Morgan fingerprint density at radius 2 is 2.31 bits per heavy atom. The number of aliphatic hydroxyl groups is 1. The summed E-state index contributed by atoms with van der Waals surface area (Å²) in [6, 6.07) is 0. The minimum atomic E-state index is -0.369. The van der Waals surface area contributed by atoms with Crippen LogP contribution in [0.25, 0.3) is 0 Å². The van der Waals surface area contributed by atoms with Gasteiger partial charge < -0.3 is 5.11 Å². The lowest BCUT2D eigenvalue weighted by atomic mass is 10.2. The fourth-order valence-corrected chi connectivity index (χ4v) is 3.19. The second-order valence-electron chi connectivity index (χ2n) is 3.95. The summed E-state index contributed by atoms with van der Waals surface area (Å²) in [6.45, 7) is 1.82. The molecule has 0 bridgehead atoms. The SMILES string of the molecule is Cc1cn([C@H]2CC[C@@H](CO)S2)c(=O)[nH]c1=O. The fourth-order valence-electron chi connectivity index (χ4n) is 1.83. The van der Waals surface area contributed by atoms with Crippen LogP contribution in [0.3, 0.4) is 0 Å². The largest absolute Gasteiger partial charge is 0.395 e. The van der Waals surface area contributed by atoms with Crippen molar-refractivity contribution in [3.05, 3.63) is 32.6 Å². The van der Waals surface area contributed by atoms with Gasteiger partial charge in [-0.15, -0.1) is 11.8 Å². The van der Waals surface area contributed by atoms with Crippen LogP contribution in [0, 0.1) is 6.92 Å². The van der Waals surface area contributed by atoms with Gasteiger partial charge in [-0.05, 0) is 19.8 Å². The standard InChI is InChI=1S/C10H14N2O3S/c1-6-4-12(10(15)11-9(6)14)8-3-2-7(5-13)16-8/h4,7-8,13H,2-3,5H2,1H3,(H,11,14,15)/t7-,8+/m0/s1. The molecule has 88 valence electrons. The lowest BCUT2D eigenvalue weighted by molar-refractivity contribution is 0.292. The lowest BCUT2D eigenvalue weighted by Gasteiger charge is -2.13. The summed E-state index contributed by atoms with van der Waals surface area (Å²) in [5, 5.41) is 9.26. The average Bonchev–Trinajstić information content (AvgIpc) is 2.71. The minimum absolute atomic E-state index is 0.0280. The molecule has 16 heavy (non-hydrogen) atoms. The third-order valence-electron chi connectivity index (χ3n) is 2.74. The summed E-state index contributed by atoms with van der Waals surface area (Å²) in [6.07, 6.45) is 3.34. The molecule has 1 aromatic heterocycles. The van der Waals surface area contributed by atoms with Gasteiger partial charge in [0.15, 0.2) is 0 Å². The number of rotatable bonds is 2. The molecule has 0 aliphatic carbocycles. The van der Waals surface area contributed by atoms with Gasteiger partial charge in [-0.25, -0.2) is 4.79 Å². The Balaban J connectivity index is 2.32. The zero-order valence-electron chi connectivity index (χ0n) is 8.97. The minimum Gasteiger partial charge on any atom is -0.395 e. The first-order valence-corrected chi connectivity index (χ1v) is 6.14. The summed E-state index contributed by atoms with van der Waals surface area (Å²) in [4.78, 5) is 25.1. The van der Waals surface area contributed by atoms with Crippen molar-refractivity contribution in [3.8, 4) is 0 Å². The molecule has 2 heterocycles. The predicted octanol–water partition coefficient (Wildman–Crippen LogP) is 0.232. The summed E-state index contributed by atoms with van der Waals surface area (Å²) in [5.74, 6) is 0. The molecular formula is C10H14N2O3S.